The molecule has 1 unspecified atom stereocenters. The lowest BCUT2D eigenvalue weighted by Crippen LogP contribution is -2.44. The first kappa shape index (κ1) is 12.6. The topological polar surface area (TPSA) is 49.4 Å². The quantitative estimate of drug-likeness (QED) is 0.871. The summed E-state index contributed by atoms with van der Waals surface area (Å²) in [6.07, 6.45) is 1.07. The first-order valence-corrected chi connectivity index (χ1v) is 6.32. The second-order valence-corrected chi connectivity index (χ2v) is 4.50. The molecule has 1 heterocycles. The Morgan fingerprint density at radius 1 is 1.39 bits per heavy atom. The van der Waals surface area contributed by atoms with Gasteiger partial charge in [-0.05, 0) is 18.9 Å². The van der Waals surface area contributed by atoms with Crippen LogP contribution in [0.25, 0.3) is 0 Å². The van der Waals surface area contributed by atoms with Crippen LogP contribution in [0.2, 0.25) is 0 Å². The van der Waals surface area contributed by atoms with Gasteiger partial charge in [0.1, 0.15) is 6.04 Å². The average Bonchev–Trinajstić information content (AvgIpc) is 2.83. The molecule has 0 radical (unpaired) electrons. The van der Waals surface area contributed by atoms with Gasteiger partial charge in [0.05, 0.1) is 0 Å². The van der Waals surface area contributed by atoms with Crippen molar-refractivity contribution in [3.05, 3.63) is 35.9 Å². The van der Waals surface area contributed by atoms with Crippen LogP contribution in [-0.4, -0.2) is 29.3 Å². The monoisotopic (exact) mass is 246 g/mol. The Morgan fingerprint density at radius 3 is 2.67 bits per heavy atom. The molecule has 1 aromatic carbocycles. The number of carbonyl (C=O) groups is 2. The van der Waals surface area contributed by atoms with E-state index in [2.05, 4.69) is 5.32 Å². The van der Waals surface area contributed by atoms with Crippen molar-refractivity contribution in [3.63, 3.8) is 0 Å². The molecule has 1 N–H and O–H groups in total. The molecule has 1 fully saturated rings. The summed E-state index contributed by atoms with van der Waals surface area (Å²) in [6, 6.07) is 9.56. The van der Waals surface area contributed by atoms with Gasteiger partial charge in [0.15, 0.2) is 0 Å². The second-order valence-electron chi connectivity index (χ2n) is 4.50. The third kappa shape index (κ3) is 2.88. The Morgan fingerprint density at radius 2 is 2.11 bits per heavy atom. The highest BCUT2D eigenvalue weighted by molar-refractivity contribution is 5.90. The molecule has 18 heavy (non-hydrogen) atoms. The number of hydrogen-bond acceptors (Lipinski definition) is 2. The van der Waals surface area contributed by atoms with E-state index >= 15 is 0 Å². The molecule has 2 rings (SSSR count). The molecule has 0 spiro atoms. The van der Waals surface area contributed by atoms with Gasteiger partial charge in [0, 0.05) is 19.5 Å². The number of amides is 2. The van der Waals surface area contributed by atoms with Gasteiger partial charge >= 0.3 is 0 Å². The summed E-state index contributed by atoms with van der Waals surface area (Å²) in [7, 11) is 0. The highest BCUT2D eigenvalue weighted by Gasteiger charge is 2.30. The summed E-state index contributed by atoms with van der Waals surface area (Å²) >= 11 is 0. The normalized spacial score (nSPS) is 18.5. The fraction of sp³-hybridized carbons (Fsp3) is 0.429. The minimum atomic E-state index is -0.332. The van der Waals surface area contributed by atoms with E-state index in [0.29, 0.717) is 25.9 Å². The first-order valence-electron chi connectivity index (χ1n) is 6.32. The molecule has 96 valence electrons. The number of benzene rings is 1. The lowest BCUT2D eigenvalue weighted by atomic mass is 10.1. The average molecular weight is 246 g/mol. The molecule has 1 aliphatic rings. The number of nitrogens with zero attached hydrogens (tertiary/aromatic N) is 1. The van der Waals surface area contributed by atoms with Crippen LogP contribution in [0.4, 0.5) is 0 Å². The third-order valence-electron chi connectivity index (χ3n) is 3.20. The molecule has 0 aliphatic carbocycles. The lowest BCUT2D eigenvalue weighted by Gasteiger charge is -2.24. The Kier molecular flexibility index (Phi) is 3.97. The summed E-state index contributed by atoms with van der Waals surface area (Å²) in [6.45, 7) is 3.21. The second kappa shape index (κ2) is 5.67. The smallest absolute Gasteiger partial charge is 0.245 e. The van der Waals surface area contributed by atoms with Gasteiger partial charge < -0.3 is 10.2 Å². The van der Waals surface area contributed by atoms with Gasteiger partial charge in [-0.15, -0.1) is 0 Å². The predicted molar refractivity (Wildman–Crippen MR) is 68.7 cm³/mol. The van der Waals surface area contributed by atoms with Crippen molar-refractivity contribution in [2.45, 2.75) is 32.4 Å². The summed E-state index contributed by atoms with van der Waals surface area (Å²) < 4.78 is 0. The summed E-state index contributed by atoms with van der Waals surface area (Å²) in [5.41, 5.74) is 1.11. The molecule has 1 saturated heterocycles. The number of carbonyl (C=O) groups excluding carboxylic acids is 2. The van der Waals surface area contributed by atoms with Crippen molar-refractivity contribution in [1.82, 2.24) is 10.2 Å². The fourth-order valence-corrected chi connectivity index (χ4v) is 2.17. The van der Waals surface area contributed by atoms with Crippen molar-refractivity contribution >= 4 is 11.8 Å². The highest BCUT2D eigenvalue weighted by Crippen LogP contribution is 2.12. The van der Waals surface area contributed by atoms with Crippen LogP contribution in [0, 0.1) is 0 Å². The minimum absolute atomic E-state index is 0.0206. The highest BCUT2D eigenvalue weighted by atomic mass is 16.2. The maximum atomic E-state index is 12.2. The molecular formula is C14H18N2O2. The molecule has 1 atom stereocenters. The molecule has 1 aliphatic heterocycles. The van der Waals surface area contributed by atoms with Crippen molar-refractivity contribution < 1.29 is 9.59 Å². The Labute approximate surface area is 107 Å². The van der Waals surface area contributed by atoms with Gasteiger partial charge in [-0.1, -0.05) is 30.3 Å². The van der Waals surface area contributed by atoms with Gasteiger partial charge in [-0.2, -0.15) is 0 Å². The zero-order chi connectivity index (χ0) is 13.0. The molecule has 1 aromatic rings. The summed E-state index contributed by atoms with van der Waals surface area (Å²) in [4.78, 5) is 25.2. The van der Waals surface area contributed by atoms with Gasteiger partial charge in [-0.3, -0.25) is 9.59 Å². The van der Waals surface area contributed by atoms with E-state index in [1.807, 2.05) is 37.3 Å². The van der Waals surface area contributed by atoms with Crippen molar-refractivity contribution in [3.8, 4) is 0 Å². The maximum absolute atomic E-state index is 12.2. The van der Waals surface area contributed by atoms with Gasteiger partial charge in [0.25, 0.3) is 0 Å². The standard InChI is InChI=1S/C14H18N2O2/c1-2-16(10-11-6-4-3-5-7-11)14(18)12-8-9-13(17)15-12/h3-7,12H,2,8-10H2,1H3,(H,15,17). The number of likely N-dealkylation sites (N-methyl/N-ethyl adjacent to an activating group) is 1. The molecule has 0 saturated carbocycles. The zero-order valence-corrected chi connectivity index (χ0v) is 10.6. The fourth-order valence-electron chi connectivity index (χ4n) is 2.17. The van der Waals surface area contributed by atoms with E-state index in [9.17, 15) is 9.59 Å². The van der Waals surface area contributed by atoms with E-state index in [0.717, 1.165) is 5.56 Å². The molecule has 4 heteroatoms. The molecular weight excluding hydrogens is 228 g/mol. The predicted octanol–water partition coefficient (Wildman–Crippen LogP) is 1.31. The molecule has 4 nitrogen and oxygen atoms in total. The first-order chi connectivity index (χ1) is 8.70. The molecule has 2 amide bonds. The molecule has 0 aromatic heterocycles. The van der Waals surface area contributed by atoms with Crippen LogP contribution >= 0.6 is 0 Å². The Bertz CT molecular complexity index is 431. The SMILES string of the molecule is CCN(Cc1ccccc1)C(=O)C1CCC(=O)N1. The molecule has 0 bridgehead atoms. The van der Waals surface area contributed by atoms with Crippen LogP contribution in [0.1, 0.15) is 25.3 Å². The van der Waals surface area contributed by atoms with E-state index in [1.54, 1.807) is 4.90 Å². The van der Waals surface area contributed by atoms with E-state index in [-0.39, 0.29) is 17.9 Å². The maximum Gasteiger partial charge on any atom is 0.245 e. The summed E-state index contributed by atoms with van der Waals surface area (Å²) in [5, 5.41) is 2.72. The van der Waals surface area contributed by atoms with E-state index < -0.39 is 0 Å². The van der Waals surface area contributed by atoms with E-state index in [4.69, 9.17) is 0 Å². The van der Waals surface area contributed by atoms with Crippen LogP contribution < -0.4 is 5.32 Å². The zero-order valence-electron chi connectivity index (χ0n) is 10.6. The van der Waals surface area contributed by atoms with Crippen LogP contribution in [-0.2, 0) is 16.1 Å². The number of nitrogens with one attached hydrogen (secondary N) is 1. The largest absolute Gasteiger partial charge is 0.344 e. The Balaban J connectivity index is 2.00. The van der Waals surface area contributed by atoms with Crippen LogP contribution in [0.15, 0.2) is 30.3 Å². The summed E-state index contributed by atoms with van der Waals surface area (Å²) in [5.74, 6) is -0.00341. The number of rotatable bonds is 4. The van der Waals surface area contributed by atoms with Crippen LogP contribution in [0.5, 0.6) is 0 Å². The number of hydrogen-bond donors (Lipinski definition) is 1. The lowest BCUT2D eigenvalue weighted by molar-refractivity contribution is -0.134. The van der Waals surface area contributed by atoms with E-state index in [1.165, 1.54) is 0 Å². The minimum Gasteiger partial charge on any atom is -0.344 e. The van der Waals surface area contributed by atoms with Crippen molar-refractivity contribution in [1.29, 1.82) is 0 Å². The van der Waals surface area contributed by atoms with Gasteiger partial charge in [0.2, 0.25) is 11.8 Å². The third-order valence-corrected chi connectivity index (χ3v) is 3.20. The van der Waals surface area contributed by atoms with Crippen LogP contribution in [0.3, 0.4) is 0 Å². The van der Waals surface area contributed by atoms with Crippen molar-refractivity contribution in [2.75, 3.05) is 6.54 Å². The van der Waals surface area contributed by atoms with Crippen molar-refractivity contribution in [2.24, 2.45) is 0 Å². The Hall–Kier alpha value is -1.84. The van der Waals surface area contributed by atoms with Gasteiger partial charge in [-0.25, -0.2) is 0 Å².